The lowest BCUT2D eigenvalue weighted by Gasteiger charge is -2.38. The number of pyridine rings is 1. The number of aryl methyl sites for hydroxylation is 1. The summed E-state index contributed by atoms with van der Waals surface area (Å²) in [5.74, 6) is -0.469. The van der Waals surface area contributed by atoms with Gasteiger partial charge in [0.05, 0.1) is 29.7 Å². The van der Waals surface area contributed by atoms with Crippen LogP contribution in [-0.2, 0) is 19.5 Å². The summed E-state index contributed by atoms with van der Waals surface area (Å²) in [6.07, 6.45) is -0.603. The zero-order chi connectivity index (χ0) is 30.2. The molecule has 42 heavy (non-hydrogen) atoms. The number of hydrogen-bond acceptors (Lipinski definition) is 8. The Labute approximate surface area is 244 Å². The molecule has 13 heteroatoms. The van der Waals surface area contributed by atoms with E-state index in [9.17, 15) is 22.8 Å². The molecule has 3 heterocycles. The van der Waals surface area contributed by atoms with E-state index in [4.69, 9.17) is 9.47 Å². The number of sulfonamides is 1. The van der Waals surface area contributed by atoms with Crippen molar-refractivity contribution >= 4 is 44.3 Å². The van der Waals surface area contributed by atoms with E-state index in [1.807, 2.05) is 11.8 Å². The van der Waals surface area contributed by atoms with Crippen molar-refractivity contribution in [3.05, 3.63) is 63.9 Å². The molecule has 2 saturated heterocycles. The second-order valence-corrected chi connectivity index (χ2v) is 13.4. The summed E-state index contributed by atoms with van der Waals surface area (Å²) >= 11 is 0. The molecule has 0 unspecified atom stereocenters. The molecule has 0 saturated carbocycles. The Balaban J connectivity index is 1.39. The van der Waals surface area contributed by atoms with E-state index in [0.29, 0.717) is 43.2 Å². The molecule has 0 spiro atoms. The second-order valence-electron chi connectivity index (χ2n) is 11.5. The number of amides is 2. The van der Waals surface area contributed by atoms with Gasteiger partial charge in [0, 0.05) is 54.5 Å². The molecule has 2 fully saturated rings. The predicted octanol–water partition coefficient (Wildman–Crippen LogP) is 2.82. The number of carbonyl (C=O) groups excluding carboxylic acids is 2. The van der Waals surface area contributed by atoms with E-state index in [-0.39, 0.29) is 35.1 Å². The molecule has 2 aliphatic heterocycles. The normalized spacial score (nSPS) is 16.6. The summed E-state index contributed by atoms with van der Waals surface area (Å²) in [6, 6.07) is 10.8. The maximum absolute atomic E-state index is 13.7. The van der Waals surface area contributed by atoms with E-state index in [1.54, 1.807) is 45.0 Å². The number of nitrogens with one attached hydrogen (secondary N) is 3. The molecular formula is C29H35N5O7S. The van der Waals surface area contributed by atoms with Gasteiger partial charge in [-0.05, 0) is 69.7 Å². The van der Waals surface area contributed by atoms with Crippen LogP contribution in [0, 0.1) is 6.92 Å². The van der Waals surface area contributed by atoms with Crippen LogP contribution >= 0.6 is 0 Å². The number of fused-ring (bicyclic) bond motifs is 1. The number of carbonyl (C=O) groups is 2. The van der Waals surface area contributed by atoms with Crippen LogP contribution in [0.4, 0.5) is 16.2 Å². The summed E-state index contributed by atoms with van der Waals surface area (Å²) in [5.41, 5.74) is 1.85. The smallest absolute Gasteiger partial charge is 0.407 e. The van der Waals surface area contributed by atoms with E-state index in [1.165, 1.54) is 22.5 Å². The van der Waals surface area contributed by atoms with Gasteiger partial charge >= 0.3 is 6.09 Å². The van der Waals surface area contributed by atoms with Crippen molar-refractivity contribution < 1.29 is 27.5 Å². The molecule has 5 rings (SSSR count). The third-order valence-corrected chi connectivity index (χ3v) is 8.91. The molecule has 224 valence electrons. The van der Waals surface area contributed by atoms with Crippen molar-refractivity contribution in [2.45, 2.75) is 44.2 Å². The standard InChI is InChI=1S/C29H35N5O7S/c1-18-13-26(35)32-24-7-5-19(14-22(18)24)30-27(36)23-15-21(6-8-25(23)33-9-11-40-12-10-33)42(38,39)34-16-20(17-34)31-28(37)41-29(2,3)4/h5-8,13-15,20H,9-12,16-17H2,1-4H3,(H,30,36)(H,31,37)(H,32,35). The highest BCUT2D eigenvalue weighted by Crippen LogP contribution is 2.30. The Bertz CT molecular complexity index is 1680. The first-order valence-corrected chi connectivity index (χ1v) is 15.2. The summed E-state index contributed by atoms with van der Waals surface area (Å²) in [7, 11) is -3.94. The second kappa shape index (κ2) is 11.4. The van der Waals surface area contributed by atoms with Crippen molar-refractivity contribution in [2.24, 2.45) is 0 Å². The van der Waals surface area contributed by atoms with E-state index >= 15 is 0 Å². The van der Waals surface area contributed by atoms with Gasteiger partial charge in [-0.3, -0.25) is 9.59 Å². The number of anilines is 2. The van der Waals surface area contributed by atoms with E-state index in [2.05, 4.69) is 15.6 Å². The van der Waals surface area contributed by atoms with Crippen molar-refractivity contribution in [3.8, 4) is 0 Å². The van der Waals surface area contributed by atoms with Gasteiger partial charge in [0.15, 0.2) is 0 Å². The number of hydrogen-bond donors (Lipinski definition) is 3. The monoisotopic (exact) mass is 597 g/mol. The Kier molecular flexibility index (Phi) is 8.01. The van der Waals surface area contributed by atoms with Crippen LogP contribution in [-0.4, -0.2) is 80.7 Å². The van der Waals surface area contributed by atoms with Gasteiger partial charge in [0.2, 0.25) is 15.6 Å². The quantitative estimate of drug-likeness (QED) is 0.393. The Hall–Kier alpha value is -3.94. The summed E-state index contributed by atoms with van der Waals surface area (Å²) < 4.78 is 39.0. The first kappa shape index (κ1) is 29.5. The molecule has 2 amide bonds. The molecule has 3 aromatic rings. The number of morpholine rings is 1. The van der Waals surface area contributed by atoms with Gasteiger partial charge in [0.1, 0.15) is 5.60 Å². The lowest BCUT2D eigenvalue weighted by atomic mass is 10.1. The van der Waals surface area contributed by atoms with Gasteiger partial charge in [-0.25, -0.2) is 13.2 Å². The van der Waals surface area contributed by atoms with E-state index in [0.717, 1.165) is 10.9 Å². The average molecular weight is 598 g/mol. The molecule has 0 bridgehead atoms. The van der Waals surface area contributed by atoms with Crippen molar-refractivity contribution in [1.29, 1.82) is 0 Å². The van der Waals surface area contributed by atoms with Gasteiger partial charge in [-0.15, -0.1) is 0 Å². The van der Waals surface area contributed by atoms with Crippen LogP contribution in [0.2, 0.25) is 0 Å². The highest BCUT2D eigenvalue weighted by molar-refractivity contribution is 7.89. The Morgan fingerprint density at radius 3 is 2.45 bits per heavy atom. The van der Waals surface area contributed by atoms with Crippen LogP contribution in [0.3, 0.4) is 0 Å². The molecular weight excluding hydrogens is 562 g/mol. The van der Waals surface area contributed by atoms with Crippen molar-refractivity contribution in [3.63, 3.8) is 0 Å². The van der Waals surface area contributed by atoms with Gasteiger partial charge < -0.3 is 30.0 Å². The van der Waals surface area contributed by atoms with Crippen LogP contribution in [0.15, 0.2) is 52.2 Å². The SMILES string of the molecule is Cc1cc(=O)[nH]c2ccc(NC(=O)c3cc(S(=O)(=O)N4CC(NC(=O)OC(C)(C)C)C4)ccc3N3CCOCC3)cc12. The maximum Gasteiger partial charge on any atom is 0.407 e. The Morgan fingerprint density at radius 1 is 1.05 bits per heavy atom. The fourth-order valence-corrected chi connectivity index (χ4v) is 6.54. The van der Waals surface area contributed by atoms with Crippen LogP contribution < -0.4 is 21.1 Å². The Morgan fingerprint density at radius 2 is 1.76 bits per heavy atom. The number of ether oxygens (including phenoxy) is 2. The van der Waals surface area contributed by atoms with Crippen molar-refractivity contribution in [2.75, 3.05) is 49.6 Å². The highest BCUT2D eigenvalue weighted by atomic mass is 32.2. The minimum atomic E-state index is -3.94. The highest BCUT2D eigenvalue weighted by Gasteiger charge is 2.38. The molecule has 1 aromatic heterocycles. The number of nitrogens with zero attached hydrogens (tertiary/aromatic N) is 2. The zero-order valence-electron chi connectivity index (χ0n) is 24.0. The largest absolute Gasteiger partial charge is 0.444 e. The molecule has 0 aliphatic carbocycles. The summed E-state index contributed by atoms with van der Waals surface area (Å²) in [5, 5.41) is 6.36. The lowest BCUT2D eigenvalue weighted by Crippen LogP contribution is -2.61. The van der Waals surface area contributed by atoms with Gasteiger partial charge in [-0.2, -0.15) is 4.31 Å². The first-order valence-electron chi connectivity index (χ1n) is 13.7. The first-order chi connectivity index (χ1) is 19.8. The van der Waals surface area contributed by atoms with Crippen molar-refractivity contribution in [1.82, 2.24) is 14.6 Å². The maximum atomic E-state index is 13.7. The molecule has 0 atom stereocenters. The molecule has 0 radical (unpaired) electrons. The third-order valence-electron chi connectivity index (χ3n) is 7.08. The number of aromatic amines is 1. The average Bonchev–Trinajstić information content (AvgIpc) is 2.90. The van der Waals surface area contributed by atoms with Gasteiger partial charge in [0.25, 0.3) is 5.91 Å². The van der Waals surface area contributed by atoms with Crippen LogP contribution in [0.5, 0.6) is 0 Å². The summed E-state index contributed by atoms with van der Waals surface area (Å²) in [6.45, 7) is 9.34. The fourth-order valence-electron chi connectivity index (χ4n) is 4.99. The zero-order valence-corrected chi connectivity index (χ0v) is 24.8. The summed E-state index contributed by atoms with van der Waals surface area (Å²) in [4.78, 5) is 42.3. The van der Waals surface area contributed by atoms with Crippen LogP contribution in [0.1, 0.15) is 36.7 Å². The van der Waals surface area contributed by atoms with Crippen LogP contribution in [0.25, 0.3) is 10.9 Å². The molecule has 3 N–H and O–H groups in total. The number of rotatable bonds is 6. The molecule has 12 nitrogen and oxygen atoms in total. The fraction of sp³-hybridized carbons (Fsp3) is 0.414. The predicted molar refractivity (Wildman–Crippen MR) is 159 cm³/mol. The topological polar surface area (TPSA) is 150 Å². The molecule has 2 aromatic carbocycles. The lowest BCUT2D eigenvalue weighted by molar-refractivity contribution is 0.0459. The van der Waals surface area contributed by atoms with E-state index < -0.39 is 27.6 Å². The molecule has 2 aliphatic rings. The number of H-pyrrole nitrogens is 1. The van der Waals surface area contributed by atoms with Gasteiger partial charge in [-0.1, -0.05) is 0 Å². The minimum absolute atomic E-state index is 0.0210. The third kappa shape index (κ3) is 6.42. The number of aromatic nitrogens is 1. The number of benzene rings is 2. The minimum Gasteiger partial charge on any atom is -0.444 e. The number of alkyl carbamates (subject to hydrolysis) is 1.